The lowest BCUT2D eigenvalue weighted by Crippen LogP contribution is -2.29. The Bertz CT molecular complexity index is 279. The average molecular weight is 194 g/mol. The van der Waals surface area contributed by atoms with Gasteiger partial charge in [0.25, 0.3) is 0 Å². The van der Waals surface area contributed by atoms with E-state index in [0.717, 1.165) is 6.54 Å². The van der Waals surface area contributed by atoms with Gasteiger partial charge in [0.2, 0.25) is 0 Å². The Balaban J connectivity index is 2.04. The Hall–Kier alpha value is -0.670. The van der Waals surface area contributed by atoms with Crippen molar-refractivity contribution in [2.45, 2.75) is 19.4 Å². The maximum absolute atomic E-state index is 4.11. The molecule has 0 radical (unpaired) electrons. The first-order valence-corrected chi connectivity index (χ1v) is 5.53. The smallest absolute Gasteiger partial charge is 0.0794 e. The van der Waals surface area contributed by atoms with Crippen LogP contribution in [0.4, 0.5) is 0 Å². The lowest BCUT2D eigenvalue weighted by Gasteiger charge is -2.28. The van der Waals surface area contributed by atoms with E-state index in [9.17, 15) is 0 Å². The van der Waals surface area contributed by atoms with Crippen LogP contribution in [0.1, 0.15) is 24.3 Å². The second-order valence-corrected chi connectivity index (χ2v) is 4.25. The third-order valence-corrected chi connectivity index (χ3v) is 3.45. The van der Waals surface area contributed by atoms with Gasteiger partial charge in [-0.1, -0.05) is 12.2 Å². The predicted molar refractivity (Wildman–Crippen MR) is 55.9 cm³/mol. The molecule has 1 unspecified atom stereocenters. The van der Waals surface area contributed by atoms with Crippen molar-refractivity contribution in [3.05, 3.63) is 28.7 Å². The first kappa shape index (κ1) is 8.91. The minimum atomic E-state index is 0.525. The molecule has 1 aliphatic heterocycles. The van der Waals surface area contributed by atoms with Crippen molar-refractivity contribution in [1.29, 1.82) is 0 Å². The molecule has 0 N–H and O–H groups in total. The maximum atomic E-state index is 4.11. The molecule has 2 heterocycles. The molecule has 0 amide bonds. The Labute approximate surface area is 82.9 Å². The van der Waals surface area contributed by atoms with Crippen LogP contribution in [0.2, 0.25) is 0 Å². The molecule has 0 saturated carbocycles. The van der Waals surface area contributed by atoms with Crippen LogP contribution < -0.4 is 0 Å². The van der Waals surface area contributed by atoms with Crippen molar-refractivity contribution in [1.82, 2.24) is 9.88 Å². The molecule has 1 aliphatic rings. The highest BCUT2D eigenvalue weighted by atomic mass is 32.1. The molecule has 3 heteroatoms. The normalized spacial score (nSPS) is 20.4. The van der Waals surface area contributed by atoms with Gasteiger partial charge in [0.05, 0.1) is 5.51 Å². The van der Waals surface area contributed by atoms with Crippen molar-refractivity contribution in [3.8, 4) is 0 Å². The van der Waals surface area contributed by atoms with Gasteiger partial charge in [-0.2, -0.15) is 0 Å². The number of nitrogens with zero attached hydrogens (tertiary/aromatic N) is 2. The van der Waals surface area contributed by atoms with Gasteiger partial charge < -0.3 is 0 Å². The van der Waals surface area contributed by atoms with E-state index in [-0.39, 0.29) is 0 Å². The number of hydrogen-bond acceptors (Lipinski definition) is 3. The fourth-order valence-electron chi connectivity index (χ4n) is 1.62. The summed E-state index contributed by atoms with van der Waals surface area (Å²) in [6.45, 7) is 4.52. The van der Waals surface area contributed by atoms with Crippen LogP contribution in [0.15, 0.2) is 23.9 Å². The number of hydrogen-bond donors (Lipinski definition) is 0. The summed E-state index contributed by atoms with van der Waals surface area (Å²) in [5.74, 6) is 0. The zero-order valence-electron chi connectivity index (χ0n) is 7.81. The molecular weight excluding hydrogens is 180 g/mol. The standard InChI is InChI=1S/C10H14N2S/c1-9(10-7-11-8-13-10)12-5-3-2-4-6-12/h2-3,7-9H,4-6H2,1H3. The molecule has 1 atom stereocenters. The van der Waals surface area contributed by atoms with E-state index in [4.69, 9.17) is 0 Å². The van der Waals surface area contributed by atoms with Gasteiger partial charge in [-0.25, -0.2) is 0 Å². The summed E-state index contributed by atoms with van der Waals surface area (Å²) >= 11 is 1.75. The molecular formula is C10H14N2S. The highest BCUT2D eigenvalue weighted by molar-refractivity contribution is 7.09. The molecule has 0 spiro atoms. The largest absolute Gasteiger partial charge is 0.292 e. The summed E-state index contributed by atoms with van der Waals surface area (Å²) in [5, 5.41) is 0. The molecule has 13 heavy (non-hydrogen) atoms. The molecule has 0 aliphatic carbocycles. The van der Waals surface area contributed by atoms with Gasteiger partial charge >= 0.3 is 0 Å². The highest BCUT2D eigenvalue weighted by Gasteiger charge is 2.16. The van der Waals surface area contributed by atoms with E-state index >= 15 is 0 Å². The Morgan fingerprint density at radius 3 is 3.08 bits per heavy atom. The first-order chi connectivity index (χ1) is 6.38. The summed E-state index contributed by atoms with van der Waals surface area (Å²) in [6.07, 6.45) is 7.67. The summed E-state index contributed by atoms with van der Waals surface area (Å²) in [5.41, 5.74) is 1.91. The first-order valence-electron chi connectivity index (χ1n) is 4.65. The Kier molecular flexibility index (Phi) is 2.76. The molecule has 0 bridgehead atoms. The molecule has 0 saturated heterocycles. The van der Waals surface area contributed by atoms with Crippen LogP contribution in [-0.4, -0.2) is 23.0 Å². The molecule has 0 aromatic carbocycles. The van der Waals surface area contributed by atoms with Crippen LogP contribution in [0.25, 0.3) is 0 Å². The van der Waals surface area contributed by atoms with Crippen molar-refractivity contribution in [2.24, 2.45) is 0 Å². The number of rotatable bonds is 2. The fourth-order valence-corrected chi connectivity index (χ4v) is 2.33. The van der Waals surface area contributed by atoms with Crippen LogP contribution in [0.3, 0.4) is 0 Å². The molecule has 1 aromatic rings. The summed E-state index contributed by atoms with van der Waals surface area (Å²) in [4.78, 5) is 7.96. The minimum Gasteiger partial charge on any atom is -0.292 e. The fraction of sp³-hybridized carbons (Fsp3) is 0.500. The van der Waals surface area contributed by atoms with E-state index in [0.29, 0.717) is 6.04 Å². The summed E-state index contributed by atoms with van der Waals surface area (Å²) < 4.78 is 0. The summed E-state index contributed by atoms with van der Waals surface area (Å²) in [7, 11) is 0. The van der Waals surface area contributed by atoms with E-state index in [2.05, 4.69) is 29.0 Å². The molecule has 1 aromatic heterocycles. The minimum absolute atomic E-state index is 0.525. The van der Waals surface area contributed by atoms with E-state index < -0.39 is 0 Å². The van der Waals surface area contributed by atoms with E-state index in [1.54, 1.807) is 11.3 Å². The molecule has 2 nitrogen and oxygen atoms in total. The summed E-state index contributed by atoms with van der Waals surface area (Å²) in [6, 6.07) is 0.525. The van der Waals surface area contributed by atoms with Crippen LogP contribution >= 0.6 is 11.3 Å². The lowest BCUT2D eigenvalue weighted by molar-refractivity contribution is 0.233. The second kappa shape index (κ2) is 4.03. The number of aromatic nitrogens is 1. The van der Waals surface area contributed by atoms with Crippen LogP contribution in [0.5, 0.6) is 0 Å². The number of thiazole rings is 1. The quantitative estimate of drug-likeness (QED) is 0.672. The van der Waals surface area contributed by atoms with E-state index in [1.165, 1.54) is 17.8 Å². The van der Waals surface area contributed by atoms with Crippen LogP contribution in [0, 0.1) is 0 Å². The van der Waals surface area contributed by atoms with Crippen molar-refractivity contribution in [2.75, 3.05) is 13.1 Å². The molecule has 70 valence electrons. The zero-order valence-corrected chi connectivity index (χ0v) is 8.63. The van der Waals surface area contributed by atoms with Gasteiger partial charge in [0.1, 0.15) is 0 Å². The monoisotopic (exact) mass is 194 g/mol. The van der Waals surface area contributed by atoms with Crippen LogP contribution in [-0.2, 0) is 0 Å². The van der Waals surface area contributed by atoms with Gasteiger partial charge in [0, 0.05) is 30.2 Å². The SMILES string of the molecule is CC(c1cncs1)N1CC=CCC1. The average Bonchev–Trinajstić information content (AvgIpc) is 2.71. The van der Waals surface area contributed by atoms with Crippen molar-refractivity contribution in [3.63, 3.8) is 0 Å². The zero-order chi connectivity index (χ0) is 9.10. The van der Waals surface area contributed by atoms with Gasteiger partial charge in [-0.05, 0) is 13.3 Å². The maximum Gasteiger partial charge on any atom is 0.0794 e. The predicted octanol–water partition coefficient (Wildman–Crippen LogP) is 2.47. The van der Waals surface area contributed by atoms with Gasteiger partial charge in [-0.3, -0.25) is 9.88 Å². The third kappa shape index (κ3) is 1.98. The lowest BCUT2D eigenvalue weighted by atomic mass is 10.2. The third-order valence-electron chi connectivity index (χ3n) is 2.50. The highest BCUT2D eigenvalue weighted by Crippen LogP contribution is 2.24. The topological polar surface area (TPSA) is 16.1 Å². The molecule has 0 fully saturated rings. The Morgan fingerprint density at radius 2 is 2.46 bits per heavy atom. The molecule has 2 rings (SSSR count). The second-order valence-electron chi connectivity index (χ2n) is 3.33. The van der Waals surface area contributed by atoms with E-state index in [1.807, 2.05) is 11.7 Å². The van der Waals surface area contributed by atoms with Crippen molar-refractivity contribution >= 4 is 11.3 Å². The van der Waals surface area contributed by atoms with Crippen molar-refractivity contribution < 1.29 is 0 Å². The Morgan fingerprint density at radius 1 is 1.54 bits per heavy atom. The van der Waals surface area contributed by atoms with Gasteiger partial charge in [0.15, 0.2) is 0 Å². The van der Waals surface area contributed by atoms with Gasteiger partial charge in [-0.15, -0.1) is 11.3 Å².